The third kappa shape index (κ3) is 4.95. The van der Waals surface area contributed by atoms with Crippen molar-refractivity contribution < 1.29 is 9.53 Å². The van der Waals surface area contributed by atoms with E-state index in [0.717, 1.165) is 31.5 Å². The fourth-order valence-corrected chi connectivity index (χ4v) is 6.87. The number of primary amides is 1. The maximum atomic E-state index is 12.6. The lowest BCUT2D eigenvalue weighted by Gasteiger charge is -2.42. The zero-order chi connectivity index (χ0) is 26.1. The third-order valence-electron chi connectivity index (χ3n) is 8.94. The summed E-state index contributed by atoms with van der Waals surface area (Å²) in [5.41, 5.74) is 13.0. The number of fused-ring (bicyclic) bond motifs is 1. The van der Waals surface area contributed by atoms with E-state index < -0.39 is 6.03 Å². The lowest BCUT2D eigenvalue weighted by Crippen LogP contribution is -2.53. The lowest BCUT2D eigenvalue weighted by molar-refractivity contribution is 0.0420. The number of allylic oxidation sites excluding steroid dienone is 1. The number of nitrogens with zero attached hydrogens (tertiary/aromatic N) is 4. The van der Waals surface area contributed by atoms with Crippen molar-refractivity contribution in [2.45, 2.75) is 63.6 Å². The van der Waals surface area contributed by atoms with Crippen LogP contribution in [0.5, 0.6) is 0 Å². The van der Waals surface area contributed by atoms with E-state index in [9.17, 15) is 4.79 Å². The predicted octanol–water partition coefficient (Wildman–Crippen LogP) is 5.00. The number of rotatable bonds is 6. The standard InChI is InChI=1S/C31H41N5O2/c1-33(25-15-20-38-21-16-25)36(31(32)37)27-13-9-24-10-14-28(29(24)22-27)23-7-11-26(12-8-23)35-19-3-2-6-30(35)34-17-4-5-18-34/h7-9,11-14,22,25,30H,2-6,10,15-21H2,1H3,(H2,32,37). The van der Waals surface area contributed by atoms with Crippen LogP contribution in [0.1, 0.15) is 61.6 Å². The van der Waals surface area contributed by atoms with Gasteiger partial charge in [-0.15, -0.1) is 0 Å². The SMILES string of the molecule is CN(C1CCOCC1)N(C(N)=O)c1ccc2c(c1)C(c1ccc(N3CCCCC3N3CCCC3)cc1)=CC2. The van der Waals surface area contributed by atoms with Gasteiger partial charge in [0.25, 0.3) is 0 Å². The molecule has 0 saturated carbocycles. The zero-order valence-electron chi connectivity index (χ0n) is 22.6. The molecule has 7 heteroatoms. The molecule has 1 unspecified atom stereocenters. The van der Waals surface area contributed by atoms with Crippen molar-refractivity contribution in [3.63, 3.8) is 0 Å². The summed E-state index contributed by atoms with van der Waals surface area (Å²) < 4.78 is 5.52. The van der Waals surface area contributed by atoms with Crippen LogP contribution in [0.25, 0.3) is 5.57 Å². The van der Waals surface area contributed by atoms with Crippen molar-refractivity contribution in [3.8, 4) is 0 Å². The number of hydrogen-bond donors (Lipinski definition) is 1. The molecule has 2 amide bonds. The van der Waals surface area contributed by atoms with Crippen LogP contribution in [0, 0.1) is 0 Å². The van der Waals surface area contributed by atoms with Gasteiger partial charge in [-0.25, -0.2) is 14.8 Å². The van der Waals surface area contributed by atoms with Crippen molar-refractivity contribution in [3.05, 3.63) is 65.2 Å². The van der Waals surface area contributed by atoms with Crippen molar-refractivity contribution in [1.29, 1.82) is 0 Å². The fraction of sp³-hybridized carbons (Fsp3) is 0.516. The Morgan fingerprint density at radius 2 is 1.68 bits per heavy atom. The normalized spacial score (nSPS) is 22.5. The summed E-state index contributed by atoms with van der Waals surface area (Å²) in [4.78, 5) is 17.9. The summed E-state index contributed by atoms with van der Waals surface area (Å²) in [7, 11) is 1.96. The van der Waals surface area contributed by atoms with Gasteiger partial charge >= 0.3 is 6.03 Å². The highest BCUT2D eigenvalue weighted by Gasteiger charge is 2.31. The number of carbonyl (C=O) groups excluding carboxylic acids is 1. The molecule has 2 aromatic carbocycles. The van der Waals surface area contributed by atoms with Gasteiger partial charge in [0.2, 0.25) is 0 Å². The Kier molecular flexibility index (Phi) is 7.41. The van der Waals surface area contributed by atoms with Crippen LogP contribution in [-0.4, -0.2) is 68.0 Å². The Morgan fingerprint density at radius 3 is 2.42 bits per heavy atom. The Labute approximate surface area is 226 Å². The van der Waals surface area contributed by atoms with Crippen molar-refractivity contribution >= 4 is 23.0 Å². The van der Waals surface area contributed by atoms with Gasteiger partial charge in [0, 0.05) is 51.6 Å². The van der Waals surface area contributed by atoms with Crippen molar-refractivity contribution in [2.75, 3.05) is 49.8 Å². The van der Waals surface area contributed by atoms with Gasteiger partial charge in [0.1, 0.15) is 0 Å². The monoisotopic (exact) mass is 515 g/mol. The van der Waals surface area contributed by atoms with Crippen LogP contribution in [0.15, 0.2) is 48.5 Å². The van der Waals surface area contributed by atoms with Gasteiger partial charge in [-0.2, -0.15) is 0 Å². The molecule has 0 aromatic heterocycles. The Balaban J connectivity index is 1.23. The van der Waals surface area contributed by atoms with E-state index in [2.05, 4.69) is 52.3 Å². The maximum Gasteiger partial charge on any atom is 0.334 e. The van der Waals surface area contributed by atoms with E-state index in [1.165, 1.54) is 73.1 Å². The minimum absolute atomic E-state index is 0.228. The second-order valence-corrected chi connectivity index (χ2v) is 11.2. The minimum Gasteiger partial charge on any atom is -0.381 e. The van der Waals surface area contributed by atoms with E-state index in [1.807, 2.05) is 18.1 Å². The van der Waals surface area contributed by atoms with Crippen LogP contribution >= 0.6 is 0 Å². The van der Waals surface area contributed by atoms with E-state index in [1.54, 1.807) is 5.01 Å². The average molecular weight is 516 g/mol. The molecular weight excluding hydrogens is 474 g/mol. The summed E-state index contributed by atoms with van der Waals surface area (Å²) in [6.07, 6.45) is 12.1. The number of urea groups is 1. The highest BCUT2D eigenvalue weighted by molar-refractivity contribution is 5.92. The molecule has 3 heterocycles. The maximum absolute atomic E-state index is 12.6. The van der Waals surface area contributed by atoms with Crippen LogP contribution in [-0.2, 0) is 11.2 Å². The molecule has 0 spiro atoms. The number of nitrogens with two attached hydrogens (primary N) is 1. The molecule has 3 aliphatic heterocycles. The molecule has 1 atom stereocenters. The average Bonchev–Trinajstić information content (AvgIpc) is 3.64. The number of benzene rings is 2. The van der Waals surface area contributed by atoms with E-state index in [4.69, 9.17) is 10.5 Å². The molecule has 4 aliphatic rings. The second kappa shape index (κ2) is 11.1. The second-order valence-electron chi connectivity index (χ2n) is 11.2. The van der Waals surface area contributed by atoms with Crippen LogP contribution in [0.2, 0.25) is 0 Å². The predicted molar refractivity (Wildman–Crippen MR) is 153 cm³/mol. The molecule has 0 radical (unpaired) electrons. The van der Waals surface area contributed by atoms with Crippen LogP contribution in [0.3, 0.4) is 0 Å². The van der Waals surface area contributed by atoms with Crippen molar-refractivity contribution in [1.82, 2.24) is 9.91 Å². The molecule has 6 rings (SSSR count). The van der Waals surface area contributed by atoms with Crippen LogP contribution < -0.4 is 15.6 Å². The lowest BCUT2D eigenvalue weighted by atomic mass is 9.97. The third-order valence-corrected chi connectivity index (χ3v) is 8.94. The highest BCUT2D eigenvalue weighted by Crippen LogP contribution is 2.37. The highest BCUT2D eigenvalue weighted by atomic mass is 16.5. The first-order valence-electron chi connectivity index (χ1n) is 14.4. The van der Waals surface area contributed by atoms with E-state index in [0.29, 0.717) is 19.4 Å². The van der Waals surface area contributed by atoms with Gasteiger partial charge in [-0.3, -0.25) is 4.90 Å². The first-order valence-corrected chi connectivity index (χ1v) is 14.4. The van der Waals surface area contributed by atoms with Gasteiger partial charge in [0.05, 0.1) is 11.9 Å². The van der Waals surface area contributed by atoms with Gasteiger partial charge in [-0.05, 0) is 97.9 Å². The number of hydrogen-bond acceptors (Lipinski definition) is 5. The number of amides is 2. The van der Waals surface area contributed by atoms with Crippen molar-refractivity contribution in [2.24, 2.45) is 5.73 Å². The number of hydrazine groups is 1. The molecular formula is C31H41N5O2. The first-order chi connectivity index (χ1) is 18.6. The summed E-state index contributed by atoms with van der Waals surface area (Å²) >= 11 is 0. The quantitative estimate of drug-likeness (QED) is 0.549. The molecule has 3 saturated heterocycles. The topological polar surface area (TPSA) is 65.3 Å². The number of likely N-dealkylation sites (tertiary alicyclic amines) is 1. The zero-order valence-corrected chi connectivity index (χ0v) is 22.6. The Bertz CT molecular complexity index is 1170. The fourth-order valence-electron chi connectivity index (χ4n) is 6.87. The molecule has 202 valence electrons. The molecule has 2 aromatic rings. The molecule has 7 nitrogen and oxygen atoms in total. The summed E-state index contributed by atoms with van der Waals surface area (Å²) in [6, 6.07) is 15.2. The number of anilines is 2. The van der Waals surface area contributed by atoms with E-state index >= 15 is 0 Å². The number of ether oxygens (including phenoxy) is 1. The molecule has 3 fully saturated rings. The summed E-state index contributed by atoms with van der Waals surface area (Å²) in [5, 5.41) is 3.62. The molecule has 38 heavy (non-hydrogen) atoms. The number of piperidine rings is 1. The Hall–Kier alpha value is -2.87. The molecule has 2 N–H and O–H groups in total. The van der Waals surface area contributed by atoms with Gasteiger partial charge in [-0.1, -0.05) is 24.3 Å². The van der Waals surface area contributed by atoms with Gasteiger partial charge < -0.3 is 15.4 Å². The smallest absolute Gasteiger partial charge is 0.334 e. The molecule has 1 aliphatic carbocycles. The van der Waals surface area contributed by atoms with Crippen LogP contribution in [0.4, 0.5) is 16.2 Å². The summed E-state index contributed by atoms with van der Waals surface area (Å²) in [6.45, 7) is 5.03. The minimum atomic E-state index is -0.457. The molecule has 0 bridgehead atoms. The summed E-state index contributed by atoms with van der Waals surface area (Å²) in [5.74, 6) is 0. The Morgan fingerprint density at radius 1 is 0.947 bits per heavy atom. The largest absolute Gasteiger partial charge is 0.381 e. The van der Waals surface area contributed by atoms with E-state index in [-0.39, 0.29) is 6.04 Å². The van der Waals surface area contributed by atoms with Gasteiger partial charge in [0.15, 0.2) is 0 Å². The number of carbonyl (C=O) groups is 1. The first kappa shape index (κ1) is 25.4.